The minimum absolute atomic E-state index is 0.197. The molecule has 2 atom stereocenters. The van der Waals surface area contributed by atoms with Crippen LogP contribution >= 0.6 is 0 Å². The van der Waals surface area contributed by atoms with Gasteiger partial charge in [0.15, 0.2) is 0 Å². The maximum atomic E-state index is 10.9. The summed E-state index contributed by atoms with van der Waals surface area (Å²) >= 11 is 0. The van der Waals surface area contributed by atoms with Gasteiger partial charge >= 0.3 is 5.97 Å². The third-order valence-electron chi connectivity index (χ3n) is 3.12. The Hall–Kier alpha value is -1.87. The molecular weight excluding hydrogens is 214 g/mol. The van der Waals surface area contributed by atoms with E-state index < -0.39 is 12.0 Å². The van der Waals surface area contributed by atoms with E-state index in [1.165, 1.54) is 0 Å². The van der Waals surface area contributed by atoms with Gasteiger partial charge in [-0.15, -0.1) is 0 Å². The lowest BCUT2D eigenvalue weighted by Gasteiger charge is -2.16. The minimum Gasteiger partial charge on any atom is -0.480 e. The van der Waals surface area contributed by atoms with Crippen molar-refractivity contribution in [2.24, 2.45) is 5.73 Å². The van der Waals surface area contributed by atoms with Gasteiger partial charge in [0, 0.05) is 5.92 Å². The van der Waals surface area contributed by atoms with E-state index in [-0.39, 0.29) is 5.92 Å². The van der Waals surface area contributed by atoms with E-state index >= 15 is 0 Å². The number of hydrogen-bond donors (Lipinski definition) is 2. The highest BCUT2D eigenvalue weighted by molar-refractivity contribution is 5.83. The molecule has 0 unspecified atom stereocenters. The van der Waals surface area contributed by atoms with Crippen LogP contribution in [0, 0.1) is 0 Å². The van der Waals surface area contributed by atoms with E-state index in [1.807, 2.05) is 49.4 Å². The second-order valence-corrected chi connectivity index (χ2v) is 4.26. The number of carbonyl (C=O) groups is 1. The summed E-state index contributed by atoms with van der Waals surface area (Å²) in [6, 6.07) is 13.1. The molecule has 2 aromatic carbocycles. The average Bonchev–Trinajstić information content (AvgIpc) is 2.36. The molecule has 0 saturated carbocycles. The van der Waals surface area contributed by atoms with Crippen LogP contribution in [-0.4, -0.2) is 17.1 Å². The second-order valence-electron chi connectivity index (χ2n) is 4.26. The quantitative estimate of drug-likeness (QED) is 0.849. The van der Waals surface area contributed by atoms with Crippen molar-refractivity contribution in [3.05, 3.63) is 48.0 Å². The van der Waals surface area contributed by atoms with Crippen molar-refractivity contribution < 1.29 is 9.90 Å². The van der Waals surface area contributed by atoms with Crippen LogP contribution in [-0.2, 0) is 4.79 Å². The normalized spacial score (nSPS) is 14.5. The topological polar surface area (TPSA) is 63.3 Å². The highest BCUT2D eigenvalue weighted by Gasteiger charge is 2.21. The van der Waals surface area contributed by atoms with Gasteiger partial charge in [0.1, 0.15) is 6.04 Å². The van der Waals surface area contributed by atoms with Crippen molar-refractivity contribution >= 4 is 16.7 Å². The van der Waals surface area contributed by atoms with Gasteiger partial charge in [-0.25, -0.2) is 0 Å². The van der Waals surface area contributed by atoms with Crippen LogP contribution in [0.25, 0.3) is 10.8 Å². The van der Waals surface area contributed by atoms with Crippen molar-refractivity contribution in [1.29, 1.82) is 0 Å². The van der Waals surface area contributed by atoms with Gasteiger partial charge in [0.2, 0.25) is 0 Å². The number of carboxylic acids is 1. The van der Waals surface area contributed by atoms with E-state index in [0.29, 0.717) is 0 Å². The summed E-state index contributed by atoms with van der Waals surface area (Å²) < 4.78 is 0. The molecule has 0 spiro atoms. The first-order valence-electron chi connectivity index (χ1n) is 5.56. The van der Waals surface area contributed by atoms with Crippen LogP contribution in [0.3, 0.4) is 0 Å². The van der Waals surface area contributed by atoms with Crippen molar-refractivity contribution in [1.82, 2.24) is 0 Å². The Kier molecular flexibility index (Phi) is 3.11. The highest BCUT2D eigenvalue weighted by Crippen LogP contribution is 2.23. The van der Waals surface area contributed by atoms with Gasteiger partial charge in [-0.2, -0.15) is 0 Å². The Bertz CT molecular complexity index is 551. The molecule has 0 aliphatic heterocycles. The van der Waals surface area contributed by atoms with Gasteiger partial charge in [0.25, 0.3) is 0 Å². The lowest BCUT2D eigenvalue weighted by Crippen LogP contribution is -2.35. The number of fused-ring (bicyclic) bond motifs is 1. The summed E-state index contributed by atoms with van der Waals surface area (Å²) in [5, 5.41) is 11.2. The monoisotopic (exact) mass is 229 g/mol. The maximum absolute atomic E-state index is 10.9. The molecule has 0 radical (unpaired) electrons. The molecule has 0 aliphatic carbocycles. The van der Waals surface area contributed by atoms with Gasteiger partial charge in [-0.1, -0.05) is 49.4 Å². The first-order chi connectivity index (χ1) is 8.09. The number of rotatable bonds is 3. The first-order valence-corrected chi connectivity index (χ1v) is 5.56. The standard InChI is InChI=1S/C14H15NO2/c1-9(13(15)14(16)17)11-7-6-10-4-2-3-5-12(10)8-11/h2-9,13H,15H2,1H3,(H,16,17)/t9-,13-/m1/s1. The summed E-state index contributed by atoms with van der Waals surface area (Å²) in [7, 11) is 0. The van der Waals surface area contributed by atoms with Crippen molar-refractivity contribution in [2.45, 2.75) is 18.9 Å². The zero-order valence-corrected chi connectivity index (χ0v) is 9.63. The molecule has 0 heterocycles. The van der Waals surface area contributed by atoms with Crippen molar-refractivity contribution in [3.63, 3.8) is 0 Å². The molecule has 3 heteroatoms. The van der Waals surface area contributed by atoms with Gasteiger partial charge in [-0.05, 0) is 16.3 Å². The van der Waals surface area contributed by atoms with Crippen molar-refractivity contribution in [3.8, 4) is 0 Å². The van der Waals surface area contributed by atoms with Crippen LogP contribution in [0.4, 0.5) is 0 Å². The summed E-state index contributed by atoms with van der Waals surface area (Å²) in [5.41, 5.74) is 6.59. The number of aliphatic carboxylic acids is 1. The number of hydrogen-bond acceptors (Lipinski definition) is 2. The predicted octanol–water partition coefficient (Wildman–Crippen LogP) is 2.36. The minimum atomic E-state index is -0.967. The lowest BCUT2D eigenvalue weighted by molar-refractivity contribution is -0.139. The molecule has 3 N–H and O–H groups in total. The van der Waals surface area contributed by atoms with Crippen LogP contribution < -0.4 is 5.73 Å². The third-order valence-corrected chi connectivity index (χ3v) is 3.12. The van der Waals surface area contributed by atoms with Crippen LogP contribution in [0.5, 0.6) is 0 Å². The Morgan fingerprint density at radius 3 is 2.47 bits per heavy atom. The number of benzene rings is 2. The van der Waals surface area contributed by atoms with E-state index in [0.717, 1.165) is 16.3 Å². The van der Waals surface area contributed by atoms with E-state index in [9.17, 15) is 4.79 Å². The van der Waals surface area contributed by atoms with Gasteiger partial charge in [0.05, 0.1) is 0 Å². The summed E-state index contributed by atoms with van der Waals surface area (Å²) in [6.45, 7) is 1.84. The van der Waals surface area contributed by atoms with E-state index in [1.54, 1.807) is 0 Å². The van der Waals surface area contributed by atoms with Gasteiger partial charge in [-0.3, -0.25) is 4.79 Å². The second kappa shape index (κ2) is 4.55. The van der Waals surface area contributed by atoms with Crippen molar-refractivity contribution in [2.75, 3.05) is 0 Å². The van der Waals surface area contributed by atoms with Crippen LogP contribution in [0.2, 0.25) is 0 Å². The lowest BCUT2D eigenvalue weighted by atomic mass is 9.92. The summed E-state index contributed by atoms with van der Waals surface area (Å²) in [5.74, 6) is -1.16. The number of carboxylic acid groups (broad SMARTS) is 1. The molecule has 17 heavy (non-hydrogen) atoms. The zero-order valence-electron chi connectivity index (χ0n) is 9.63. The zero-order chi connectivity index (χ0) is 12.4. The molecule has 0 aliphatic rings. The van der Waals surface area contributed by atoms with E-state index in [2.05, 4.69) is 0 Å². The molecule has 88 valence electrons. The fraction of sp³-hybridized carbons (Fsp3) is 0.214. The molecule has 0 amide bonds. The fourth-order valence-electron chi connectivity index (χ4n) is 1.91. The molecule has 2 rings (SSSR count). The Balaban J connectivity index is 2.39. The Morgan fingerprint density at radius 1 is 1.18 bits per heavy atom. The summed E-state index contributed by atoms with van der Waals surface area (Å²) in [6.07, 6.45) is 0. The molecule has 2 aromatic rings. The van der Waals surface area contributed by atoms with Crippen LogP contribution in [0.15, 0.2) is 42.5 Å². The predicted molar refractivity (Wildman–Crippen MR) is 68.0 cm³/mol. The SMILES string of the molecule is C[C@H](c1ccc2ccccc2c1)[C@@H](N)C(=O)O. The molecule has 0 aromatic heterocycles. The van der Waals surface area contributed by atoms with Gasteiger partial charge < -0.3 is 10.8 Å². The molecule has 0 saturated heterocycles. The largest absolute Gasteiger partial charge is 0.480 e. The Labute approximate surface area is 99.9 Å². The first kappa shape index (κ1) is 11.6. The highest BCUT2D eigenvalue weighted by atomic mass is 16.4. The average molecular weight is 229 g/mol. The number of nitrogens with two attached hydrogens (primary N) is 1. The molecule has 0 fully saturated rings. The van der Waals surface area contributed by atoms with Crippen LogP contribution in [0.1, 0.15) is 18.4 Å². The third kappa shape index (κ3) is 2.29. The molecule has 0 bridgehead atoms. The maximum Gasteiger partial charge on any atom is 0.321 e. The molecule has 3 nitrogen and oxygen atoms in total. The molecular formula is C14H15NO2. The smallest absolute Gasteiger partial charge is 0.321 e. The fourth-order valence-corrected chi connectivity index (χ4v) is 1.91. The van der Waals surface area contributed by atoms with E-state index in [4.69, 9.17) is 10.8 Å². The summed E-state index contributed by atoms with van der Waals surface area (Å²) in [4.78, 5) is 10.9. The Morgan fingerprint density at radius 2 is 1.82 bits per heavy atom.